The molecule has 1 aliphatic carbocycles. The van der Waals surface area contributed by atoms with E-state index in [-0.39, 0.29) is 11.3 Å². The van der Waals surface area contributed by atoms with Gasteiger partial charge in [0.1, 0.15) is 5.76 Å². The average Bonchev–Trinajstić information content (AvgIpc) is 2.74. The Hall–Kier alpha value is -0.515. The molecule has 1 saturated carbocycles. The van der Waals surface area contributed by atoms with Crippen molar-refractivity contribution in [2.45, 2.75) is 37.5 Å². The third-order valence-electron chi connectivity index (χ3n) is 4.28. The van der Waals surface area contributed by atoms with Crippen LogP contribution in [0, 0.1) is 11.8 Å². The summed E-state index contributed by atoms with van der Waals surface area (Å²) in [5, 5.41) is 30.8. The van der Waals surface area contributed by atoms with Gasteiger partial charge in [0.05, 0.1) is 5.54 Å². The van der Waals surface area contributed by atoms with E-state index in [1.165, 1.54) is 0 Å². The molecule has 3 atom stereocenters. The van der Waals surface area contributed by atoms with Gasteiger partial charge in [0.15, 0.2) is 0 Å². The molecule has 1 aliphatic heterocycles. The van der Waals surface area contributed by atoms with Gasteiger partial charge in [0.25, 0.3) is 0 Å². The Morgan fingerprint density at radius 1 is 1.50 bits per heavy atom. The van der Waals surface area contributed by atoms with Gasteiger partial charge in [-0.3, -0.25) is 0 Å². The summed E-state index contributed by atoms with van der Waals surface area (Å²) in [4.78, 5) is 0. The van der Waals surface area contributed by atoms with Crippen molar-refractivity contribution in [3.05, 3.63) is 12.3 Å². The van der Waals surface area contributed by atoms with E-state index in [0.717, 1.165) is 32.2 Å². The molecule has 2 rings (SSSR count). The summed E-state index contributed by atoms with van der Waals surface area (Å²) >= 11 is 0. The highest BCUT2D eigenvalue weighted by Gasteiger charge is 2.54. The van der Waals surface area contributed by atoms with Crippen molar-refractivity contribution in [2.24, 2.45) is 11.8 Å². The number of rotatable bonds is 5. The predicted molar refractivity (Wildman–Crippen MR) is 62.9 cm³/mol. The number of aliphatic hydroxyl groups is 1. The fourth-order valence-electron chi connectivity index (χ4n) is 3.44. The molecular weight excluding hydrogens is 205 g/mol. The fraction of sp³-hybridized carbons (Fsp3) is 0.818. The second-order valence-corrected chi connectivity index (χ2v) is 5.12. The summed E-state index contributed by atoms with van der Waals surface area (Å²) in [5.74, 6) is 1.27. The van der Waals surface area contributed by atoms with E-state index < -0.39 is 7.12 Å². The first-order valence-electron chi connectivity index (χ1n) is 6.06. The maximum Gasteiger partial charge on any atom is 0.451 e. The van der Waals surface area contributed by atoms with E-state index >= 15 is 0 Å². The first-order valence-corrected chi connectivity index (χ1v) is 6.06. The molecule has 0 aromatic carbocycles. The topological polar surface area (TPSA) is 72.7 Å². The first kappa shape index (κ1) is 12.0. The molecule has 90 valence electrons. The number of fused-ring (bicyclic) bond motifs is 2. The van der Waals surface area contributed by atoms with Crippen LogP contribution in [0.3, 0.4) is 0 Å². The third kappa shape index (κ3) is 1.87. The molecule has 1 saturated heterocycles. The number of hydrogen-bond acceptors (Lipinski definition) is 4. The zero-order chi connectivity index (χ0) is 11.8. The van der Waals surface area contributed by atoms with Gasteiger partial charge in [-0.1, -0.05) is 13.0 Å². The van der Waals surface area contributed by atoms with Gasteiger partial charge in [-0.05, 0) is 44.0 Å². The molecule has 4 nitrogen and oxygen atoms in total. The minimum absolute atomic E-state index is 0.252. The Morgan fingerprint density at radius 3 is 2.75 bits per heavy atom. The van der Waals surface area contributed by atoms with Crippen molar-refractivity contribution in [1.29, 1.82) is 0 Å². The Balaban J connectivity index is 1.95. The number of nitrogens with one attached hydrogen (secondary N) is 1. The zero-order valence-corrected chi connectivity index (χ0v) is 9.52. The predicted octanol–water partition coefficient (Wildman–Crippen LogP) is 0.679. The minimum Gasteiger partial charge on any atom is -0.511 e. The second kappa shape index (κ2) is 4.39. The van der Waals surface area contributed by atoms with E-state index in [4.69, 9.17) is 10.0 Å². The molecule has 2 aliphatic rings. The van der Waals surface area contributed by atoms with Gasteiger partial charge in [-0.25, -0.2) is 0 Å². The molecule has 0 amide bonds. The van der Waals surface area contributed by atoms with Crippen molar-refractivity contribution < 1.29 is 15.2 Å². The number of aliphatic hydroxyl groups excluding tert-OH is 1. The second-order valence-electron chi connectivity index (χ2n) is 5.12. The van der Waals surface area contributed by atoms with Gasteiger partial charge in [0.2, 0.25) is 0 Å². The summed E-state index contributed by atoms with van der Waals surface area (Å²) in [6.07, 6.45) is 4.22. The molecular formula is C11H20BNO3. The highest BCUT2D eigenvalue weighted by atomic mass is 16.4. The quantitative estimate of drug-likeness (QED) is 0.410. The minimum atomic E-state index is -1.21. The molecule has 5 heteroatoms. The van der Waals surface area contributed by atoms with Crippen LogP contribution in [0.15, 0.2) is 12.3 Å². The van der Waals surface area contributed by atoms with E-state index in [1.807, 2.05) is 0 Å². The zero-order valence-electron chi connectivity index (χ0n) is 9.52. The van der Waals surface area contributed by atoms with Crippen molar-refractivity contribution in [3.63, 3.8) is 0 Å². The number of piperidine rings is 1. The van der Waals surface area contributed by atoms with Crippen LogP contribution in [-0.2, 0) is 0 Å². The van der Waals surface area contributed by atoms with Crippen LogP contribution < -0.4 is 5.32 Å². The molecule has 2 bridgehead atoms. The van der Waals surface area contributed by atoms with Crippen molar-refractivity contribution >= 4 is 7.12 Å². The van der Waals surface area contributed by atoms with Crippen molar-refractivity contribution in [3.8, 4) is 0 Å². The van der Waals surface area contributed by atoms with Crippen LogP contribution in [-0.4, -0.2) is 34.4 Å². The number of hydrogen-bond donors (Lipinski definition) is 4. The largest absolute Gasteiger partial charge is 0.511 e. The standard InChI is InChI=1S/C11H20BNO3/c1-8(14)11-5-4-9(7-13-11)10(11)3-2-6-12(15)16/h9-10,13-16H,1-7H2/t9-,10+,11-/m0/s1. The van der Waals surface area contributed by atoms with E-state index in [0.29, 0.717) is 18.2 Å². The van der Waals surface area contributed by atoms with Gasteiger partial charge >= 0.3 is 7.12 Å². The summed E-state index contributed by atoms with van der Waals surface area (Å²) in [5.41, 5.74) is -0.287. The first-order chi connectivity index (χ1) is 7.56. The summed E-state index contributed by atoms with van der Waals surface area (Å²) in [6, 6.07) is 0. The molecule has 2 fully saturated rings. The molecule has 0 aromatic rings. The monoisotopic (exact) mass is 225 g/mol. The van der Waals surface area contributed by atoms with Crippen LogP contribution in [0.5, 0.6) is 0 Å². The van der Waals surface area contributed by atoms with Crippen LogP contribution in [0.2, 0.25) is 6.32 Å². The SMILES string of the molecule is C=C(O)[C@]12CC[C@@H](CN1)[C@H]2CCCB(O)O. The van der Waals surface area contributed by atoms with Crippen LogP contribution in [0.1, 0.15) is 25.7 Å². The molecule has 0 unspecified atom stereocenters. The smallest absolute Gasteiger partial charge is 0.451 e. The lowest BCUT2D eigenvalue weighted by atomic mass is 9.77. The van der Waals surface area contributed by atoms with E-state index in [2.05, 4.69) is 11.9 Å². The molecule has 0 spiro atoms. The highest BCUT2D eigenvalue weighted by molar-refractivity contribution is 6.40. The third-order valence-corrected chi connectivity index (χ3v) is 4.28. The Labute approximate surface area is 96.5 Å². The fourth-order valence-corrected chi connectivity index (χ4v) is 3.44. The Morgan fingerprint density at radius 2 is 2.25 bits per heavy atom. The van der Waals surface area contributed by atoms with Gasteiger partial charge in [0, 0.05) is 0 Å². The maximum absolute atomic E-state index is 9.75. The molecule has 16 heavy (non-hydrogen) atoms. The molecule has 1 heterocycles. The molecule has 0 radical (unpaired) electrons. The van der Waals surface area contributed by atoms with Gasteiger partial charge in [-0.2, -0.15) is 0 Å². The van der Waals surface area contributed by atoms with Crippen LogP contribution >= 0.6 is 0 Å². The average molecular weight is 225 g/mol. The summed E-state index contributed by atoms with van der Waals surface area (Å²) < 4.78 is 0. The maximum atomic E-state index is 9.75. The van der Waals surface area contributed by atoms with E-state index in [1.54, 1.807) is 0 Å². The van der Waals surface area contributed by atoms with Crippen LogP contribution in [0.25, 0.3) is 0 Å². The van der Waals surface area contributed by atoms with Crippen LogP contribution in [0.4, 0.5) is 0 Å². The lowest BCUT2D eigenvalue weighted by molar-refractivity contribution is 0.225. The Kier molecular flexibility index (Phi) is 3.28. The highest BCUT2D eigenvalue weighted by Crippen LogP contribution is 2.50. The Bertz CT molecular complexity index is 274. The van der Waals surface area contributed by atoms with Gasteiger partial charge < -0.3 is 20.5 Å². The van der Waals surface area contributed by atoms with E-state index in [9.17, 15) is 5.11 Å². The molecule has 4 N–H and O–H groups in total. The lowest BCUT2D eigenvalue weighted by Crippen LogP contribution is -2.45. The van der Waals surface area contributed by atoms with Gasteiger partial charge in [-0.15, -0.1) is 0 Å². The normalized spacial score (nSPS) is 36.6. The lowest BCUT2D eigenvalue weighted by Gasteiger charge is -2.31. The molecule has 0 aromatic heterocycles. The summed E-state index contributed by atoms with van der Waals surface area (Å²) in [6.45, 7) is 4.64. The summed E-state index contributed by atoms with van der Waals surface area (Å²) in [7, 11) is -1.21. The van der Waals surface area contributed by atoms with Crippen molar-refractivity contribution in [2.75, 3.05) is 6.54 Å². The van der Waals surface area contributed by atoms with Crippen molar-refractivity contribution in [1.82, 2.24) is 5.32 Å².